The molecule has 0 rings (SSSR count). The third-order valence-corrected chi connectivity index (χ3v) is 1.45. The highest BCUT2D eigenvalue weighted by Crippen LogP contribution is 2.01. The van der Waals surface area contributed by atoms with E-state index in [9.17, 15) is 4.79 Å². The predicted molar refractivity (Wildman–Crippen MR) is 50.7 cm³/mol. The molecule has 0 radical (unpaired) electrons. The second kappa shape index (κ2) is 7.53. The first-order chi connectivity index (χ1) is 6.16. The average Bonchev–Trinajstić information content (AvgIpc) is 2.09. The monoisotopic (exact) mass is 207 g/mol. The zero-order valence-corrected chi connectivity index (χ0v) is 8.17. The van der Waals surface area contributed by atoms with Crippen molar-refractivity contribution in [1.82, 2.24) is 0 Å². The van der Waals surface area contributed by atoms with E-state index in [1.165, 1.54) is 0 Å². The van der Waals surface area contributed by atoms with Crippen LogP contribution in [0, 0.1) is 0 Å². The summed E-state index contributed by atoms with van der Waals surface area (Å²) in [6.45, 7) is 2.52. The van der Waals surface area contributed by atoms with Crippen LogP contribution in [0.5, 0.6) is 0 Å². The van der Waals surface area contributed by atoms with Crippen molar-refractivity contribution in [3.05, 3.63) is 0 Å². The first-order valence-corrected chi connectivity index (χ1v) is 4.50. The Kier molecular flexibility index (Phi) is 6.89. The van der Waals surface area contributed by atoms with E-state index in [1.54, 1.807) is 0 Å². The van der Waals surface area contributed by atoms with Crippen molar-refractivity contribution in [3.63, 3.8) is 0 Å². The molecule has 0 aliphatic heterocycles. The van der Waals surface area contributed by atoms with Crippen LogP contribution in [0.15, 0.2) is 5.16 Å². The van der Waals surface area contributed by atoms with Crippen LogP contribution in [0.1, 0.15) is 19.8 Å². The summed E-state index contributed by atoms with van der Waals surface area (Å²) in [6, 6.07) is 0. The van der Waals surface area contributed by atoms with E-state index in [2.05, 4.69) is 15.1 Å². The maximum atomic E-state index is 10.1. The molecule has 0 aromatic carbocycles. The molecule has 7 heteroatoms. The first kappa shape index (κ1) is 11.9. The van der Waals surface area contributed by atoms with E-state index in [4.69, 9.17) is 10.6 Å². The van der Waals surface area contributed by atoms with Gasteiger partial charge in [-0.3, -0.25) is 0 Å². The van der Waals surface area contributed by atoms with Crippen molar-refractivity contribution < 1.29 is 13.8 Å². The lowest BCUT2D eigenvalue weighted by Crippen LogP contribution is -2.14. The van der Waals surface area contributed by atoms with E-state index in [-0.39, 0.29) is 5.17 Å². The molecule has 4 N–H and O–H groups in total. The molecular formula is C6H13N3O3S. The number of carbonyl (C=O) groups excluding carboxylic acids is 1. The number of amidine groups is 1. The molecule has 0 aliphatic carbocycles. The van der Waals surface area contributed by atoms with Gasteiger partial charge in [0.05, 0.1) is 0 Å². The van der Waals surface area contributed by atoms with Gasteiger partial charge in [0.15, 0.2) is 0 Å². The Labute approximate surface area is 80.8 Å². The quantitative estimate of drug-likeness (QED) is 0.233. The van der Waals surface area contributed by atoms with Gasteiger partial charge in [-0.1, -0.05) is 18.5 Å². The van der Waals surface area contributed by atoms with E-state index < -0.39 is 6.09 Å². The largest absolute Gasteiger partial charge is 0.417 e. The number of primary amides is 1. The maximum absolute atomic E-state index is 10.1. The molecule has 0 bridgehead atoms. The second-order valence-corrected chi connectivity index (χ2v) is 2.85. The van der Waals surface area contributed by atoms with Crippen molar-refractivity contribution in [2.75, 3.05) is 6.61 Å². The van der Waals surface area contributed by atoms with Crippen LogP contribution in [0.2, 0.25) is 0 Å². The van der Waals surface area contributed by atoms with Gasteiger partial charge in [-0.2, -0.15) is 0 Å². The number of carbonyl (C=O) groups is 1. The SMILES string of the molecule is CCCCON=C(N)SOC(N)=O. The molecule has 0 atom stereocenters. The summed E-state index contributed by atoms with van der Waals surface area (Å²) in [4.78, 5) is 14.9. The molecule has 0 spiro atoms. The summed E-state index contributed by atoms with van der Waals surface area (Å²) in [5.41, 5.74) is 9.94. The van der Waals surface area contributed by atoms with Crippen molar-refractivity contribution in [1.29, 1.82) is 0 Å². The number of hydrogen-bond donors (Lipinski definition) is 2. The number of nitrogens with two attached hydrogens (primary N) is 2. The third kappa shape index (κ3) is 8.80. The predicted octanol–water partition coefficient (Wildman–Crippen LogP) is 0.776. The fraction of sp³-hybridized carbons (Fsp3) is 0.667. The van der Waals surface area contributed by atoms with Gasteiger partial charge in [0.1, 0.15) is 18.6 Å². The average molecular weight is 207 g/mol. The van der Waals surface area contributed by atoms with Crippen molar-refractivity contribution in [2.24, 2.45) is 16.6 Å². The minimum Gasteiger partial charge on any atom is -0.394 e. The highest BCUT2D eigenvalue weighted by molar-refractivity contribution is 8.10. The Morgan fingerprint density at radius 3 is 2.77 bits per heavy atom. The Morgan fingerprint density at radius 2 is 2.23 bits per heavy atom. The first-order valence-electron chi connectivity index (χ1n) is 3.76. The Balaban J connectivity index is 3.45. The van der Waals surface area contributed by atoms with E-state index >= 15 is 0 Å². The van der Waals surface area contributed by atoms with Gasteiger partial charge >= 0.3 is 6.09 Å². The molecule has 13 heavy (non-hydrogen) atoms. The molecule has 76 valence electrons. The number of unbranched alkanes of at least 4 members (excludes halogenated alkanes) is 1. The van der Waals surface area contributed by atoms with Gasteiger partial charge in [0.25, 0.3) is 0 Å². The number of nitrogens with zero attached hydrogens (tertiary/aromatic N) is 1. The standard InChI is InChI=1S/C6H13N3O3S/c1-2-3-4-11-9-5(7)13-12-6(8)10/h2-4H2,1H3,(H2,7,9)(H2,8,10). The molecule has 0 saturated carbocycles. The fourth-order valence-corrected chi connectivity index (χ4v) is 0.668. The van der Waals surface area contributed by atoms with Gasteiger partial charge in [-0.25, -0.2) is 4.79 Å². The molecule has 0 unspecified atom stereocenters. The van der Waals surface area contributed by atoms with Crippen molar-refractivity contribution in [3.8, 4) is 0 Å². The minimum absolute atomic E-state index is 0.00917. The zero-order chi connectivity index (χ0) is 10.1. The molecule has 0 aromatic rings. The van der Waals surface area contributed by atoms with Crippen LogP contribution in [-0.4, -0.2) is 17.9 Å². The van der Waals surface area contributed by atoms with Crippen LogP contribution >= 0.6 is 12.0 Å². The van der Waals surface area contributed by atoms with E-state index in [0.717, 1.165) is 12.8 Å². The summed E-state index contributed by atoms with van der Waals surface area (Å²) in [6.07, 6.45) is 0.995. The maximum Gasteiger partial charge on any atom is 0.417 e. The van der Waals surface area contributed by atoms with Gasteiger partial charge in [0.2, 0.25) is 5.17 Å². The lowest BCUT2D eigenvalue weighted by atomic mass is 10.4. The summed E-state index contributed by atoms with van der Waals surface area (Å²) < 4.78 is 4.28. The van der Waals surface area contributed by atoms with Crippen LogP contribution < -0.4 is 11.5 Å². The number of amides is 1. The zero-order valence-electron chi connectivity index (χ0n) is 7.36. The lowest BCUT2D eigenvalue weighted by molar-refractivity contribution is 0.141. The highest BCUT2D eigenvalue weighted by Gasteiger charge is 1.99. The Bertz CT molecular complexity index is 186. The summed E-state index contributed by atoms with van der Waals surface area (Å²) in [7, 11) is 0. The lowest BCUT2D eigenvalue weighted by Gasteiger charge is -1.99. The van der Waals surface area contributed by atoms with Crippen LogP contribution in [0.3, 0.4) is 0 Å². The smallest absolute Gasteiger partial charge is 0.394 e. The van der Waals surface area contributed by atoms with Crippen molar-refractivity contribution in [2.45, 2.75) is 19.8 Å². The molecule has 0 fully saturated rings. The van der Waals surface area contributed by atoms with Crippen LogP contribution in [0.4, 0.5) is 4.79 Å². The molecule has 0 aliphatic rings. The third-order valence-electron chi connectivity index (χ3n) is 0.953. The molecule has 1 amide bonds. The number of hydrogen-bond acceptors (Lipinski definition) is 5. The Hall–Kier alpha value is -1.11. The van der Waals surface area contributed by atoms with Gasteiger partial charge < -0.3 is 20.5 Å². The van der Waals surface area contributed by atoms with Crippen molar-refractivity contribution >= 4 is 23.3 Å². The van der Waals surface area contributed by atoms with E-state index in [0.29, 0.717) is 18.6 Å². The fourth-order valence-electron chi connectivity index (χ4n) is 0.417. The molecule has 0 heterocycles. The normalized spacial score (nSPS) is 11.0. The summed E-state index contributed by atoms with van der Waals surface area (Å²) in [5, 5.41) is 3.47. The topological polar surface area (TPSA) is 99.9 Å². The Morgan fingerprint density at radius 1 is 1.54 bits per heavy atom. The minimum atomic E-state index is -0.920. The van der Waals surface area contributed by atoms with Gasteiger partial charge in [0, 0.05) is 0 Å². The molecule has 0 aromatic heterocycles. The molecular weight excluding hydrogens is 194 g/mol. The molecule has 6 nitrogen and oxygen atoms in total. The van der Waals surface area contributed by atoms with Gasteiger partial charge in [-0.05, 0) is 6.42 Å². The number of oxime groups is 1. The second-order valence-electron chi connectivity index (χ2n) is 2.10. The van der Waals surface area contributed by atoms with Gasteiger partial charge in [-0.15, -0.1) is 0 Å². The summed E-state index contributed by atoms with van der Waals surface area (Å²) in [5.74, 6) is 0. The highest BCUT2D eigenvalue weighted by atomic mass is 32.2. The molecule has 0 saturated heterocycles. The van der Waals surface area contributed by atoms with Crippen LogP contribution in [0.25, 0.3) is 0 Å². The summed E-state index contributed by atoms with van der Waals surface area (Å²) >= 11 is 0.571. The number of rotatable bonds is 4. The van der Waals surface area contributed by atoms with Crippen LogP contribution in [-0.2, 0) is 9.02 Å². The van der Waals surface area contributed by atoms with E-state index in [1.807, 2.05) is 6.92 Å².